The molecular weight excluding hydrogens is 431 g/mol. The first-order chi connectivity index (χ1) is 15.4. The number of pyridine rings is 1. The number of ether oxygens (including phenoxy) is 1. The molecule has 0 bridgehead atoms. The molecule has 0 aliphatic carbocycles. The molecule has 5 nitrogen and oxygen atoms in total. The van der Waals surface area contributed by atoms with Gasteiger partial charge in [-0.15, -0.1) is 0 Å². The molecule has 0 fully saturated rings. The van der Waals surface area contributed by atoms with Crippen LogP contribution in [0.1, 0.15) is 15.9 Å². The smallest absolute Gasteiger partial charge is 0.339 e. The summed E-state index contributed by atoms with van der Waals surface area (Å²) in [6.45, 7) is 1.39. The fraction of sp³-hybridized carbons (Fsp3) is 0.0800. The molecule has 0 aliphatic rings. The molecule has 1 heterocycles. The Morgan fingerprint density at radius 2 is 1.78 bits per heavy atom. The number of benzene rings is 3. The van der Waals surface area contributed by atoms with Gasteiger partial charge in [0.05, 0.1) is 16.8 Å². The molecule has 3 aromatic carbocycles. The quantitative estimate of drug-likeness (QED) is 0.392. The monoisotopic (exact) mass is 448 g/mol. The van der Waals surface area contributed by atoms with E-state index in [1.54, 1.807) is 60.7 Å². The van der Waals surface area contributed by atoms with Gasteiger partial charge in [0.25, 0.3) is 5.91 Å². The summed E-state index contributed by atoms with van der Waals surface area (Å²) in [5.41, 5.74) is 3.39. The fourth-order valence-electron chi connectivity index (χ4n) is 3.19. The number of rotatable bonds is 5. The lowest BCUT2D eigenvalue weighted by atomic mass is 10.0. The predicted octanol–water partition coefficient (Wildman–Crippen LogP) is 5.80. The molecule has 0 saturated carbocycles. The summed E-state index contributed by atoms with van der Waals surface area (Å²) >= 11 is 6.07. The summed E-state index contributed by atoms with van der Waals surface area (Å²) in [5.74, 6) is -1.52. The van der Waals surface area contributed by atoms with Gasteiger partial charge in [0.2, 0.25) is 0 Å². The molecule has 4 rings (SSSR count). The van der Waals surface area contributed by atoms with E-state index in [0.29, 0.717) is 32.9 Å². The lowest BCUT2D eigenvalue weighted by molar-refractivity contribution is -0.119. The van der Waals surface area contributed by atoms with E-state index >= 15 is 0 Å². The van der Waals surface area contributed by atoms with Crippen LogP contribution in [-0.2, 0) is 9.53 Å². The minimum atomic E-state index is -0.663. The Balaban J connectivity index is 1.55. The highest BCUT2D eigenvalue weighted by molar-refractivity contribution is 6.31. The van der Waals surface area contributed by atoms with Crippen LogP contribution in [0.5, 0.6) is 0 Å². The Labute approximate surface area is 188 Å². The summed E-state index contributed by atoms with van der Waals surface area (Å²) in [7, 11) is 0. The molecule has 0 aliphatic heterocycles. The first-order valence-electron chi connectivity index (χ1n) is 9.79. The number of fused-ring (bicyclic) bond motifs is 1. The number of nitrogens with zero attached hydrogens (tertiary/aromatic N) is 1. The van der Waals surface area contributed by atoms with Gasteiger partial charge in [-0.05, 0) is 61.0 Å². The van der Waals surface area contributed by atoms with Gasteiger partial charge in [0.1, 0.15) is 5.82 Å². The molecule has 0 unspecified atom stereocenters. The van der Waals surface area contributed by atoms with Crippen LogP contribution >= 0.6 is 11.6 Å². The number of hydrogen-bond acceptors (Lipinski definition) is 4. The van der Waals surface area contributed by atoms with E-state index in [9.17, 15) is 14.0 Å². The van der Waals surface area contributed by atoms with E-state index in [2.05, 4.69) is 10.3 Å². The maximum Gasteiger partial charge on any atom is 0.339 e. The molecule has 7 heteroatoms. The van der Waals surface area contributed by atoms with Gasteiger partial charge in [-0.1, -0.05) is 35.9 Å². The van der Waals surface area contributed by atoms with E-state index in [0.717, 1.165) is 5.56 Å². The number of nitrogens with one attached hydrogen (secondary N) is 1. The van der Waals surface area contributed by atoms with E-state index in [1.807, 2.05) is 6.92 Å². The third-order valence-electron chi connectivity index (χ3n) is 4.87. The lowest BCUT2D eigenvalue weighted by Gasteiger charge is -2.11. The molecule has 32 heavy (non-hydrogen) atoms. The summed E-state index contributed by atoms with van der Waals surface area (Å²) in [6, 6.07) is 19.6. The van der Waals surface area contributed by atoms with Crippen molar-refractivity contribution in [2.24, 2.45) is 0 Å². The average molecular weight is 449 g/mol. The van der Waals surface area contributed by atoms with E-state index < -0.39 is 18.5 Å². The maximum absolute atomic E-state index is 13.3. The molecule has 1 N–H and O–H groups in total. The Hall–Kier alpha value is -3.77. The molecule has 4 aromatic rings. The predicted molar refractivity (Wildman–Crippen MR) is 122 cm³/mol. The Morgan fingerprint density at radius 1 is 1.03 bits per heavy atom. The van der Waals surface area contributed by atoms with Crippen molar-refractivity contribution in [1.82, 2.24) is 4.98 Å². The van der Waals surface area contributed by atoms with Crippen molar-refractivity contribution in [1.29, 1.82) is 0 Å². The number of aryl methyl sites for hydroxylation is 1. The van der Waals surface area contributed by atoms with Gasteiger partial charge < -0.3 is 10.1 Å². The second kappa shape index (κ2) is 9.16. The Morgan fingerprint density at radius 3 is 2.53 bits per heavy atom. The zero-order valence-electron chi connectivity index (χ0n) is 17.1. The SMILES string of the molecule is Cc1ccc(NC(=O)COC(=O)c2cc(-c3ccc(F)cc3)nc3ccccc23)cc1Cl. The van der Waals surface area contributed by atoms with Gasteiger partial charge in [-0.25, -0.2) is 14.2 Å². The van der Waals surface area contributed by atoms with Gasteiger partial charge in [0.15, 0.2) is 6.61 Å². The van der Waals surface area contributed by atoms with Crippen molar-refractivity contribution >= 4 is 40.1 Å². The molecule has 0 radical (unpaired) electrons. The number of halogens is 2. The standard InChI is InChI=1S/C25H18ClFN2O3/c1-15-6-11-18(12-21(15)26)28-24(30)14-32-25(31)20-13-23(16-7-9-17(27)10-8-16)29-22-5-3-2-4-19(20)22/h2-13H,14H2,1H3,(H,28,30). The minimum absolute atomic E-state index is 0.265. The number of amides is 1. The molecule has 0 saturated heterocycles. The number of anilines is 1. The highest BCUT2D eigenvalue weighted by Crippen LogP contribution is 2.26. The molecule has 160 valence electrons. The van der Waals surface area contributed by atoms with Gasteiger partial charge in [0, 0.05) is 21.7 Å². The zero-order chi connectivity index (χ0) is 22.7. The van der Waals surface area contributed by atoms with Crippen molar-refractivity contribution in [3.8, 4) is 11.3 Å². The highest BCUT2D eigenvalue weighted by Gasteiger charge is 2.17. The van der Waals surface area contributed by atoms with Crippen LogP contribution in [0.25, 0.3) is 22.2 Å². The molecule has 0 atom stereocenters. The Bertz CT molecular complexity index is 1320. The van der Waals surface area contributed by atoms with Gasteiger partial charge >= 0.3 is 5.97 Å². The maximum atomic E-state index is 13.3. The second-order valence-corrected chi connectivity index (χ2v) is 7.57. The van der Waals surface area contributed by atoms with Crippen LogP contribution in [0.15, 0.2) is 72.8 Å². The summed E-state index contributed by atoms with van der Waals surface area (Å²) in [6.07, 6.45) is 0. The topological polar surface area (TPSA) is 68.3 Å². The second-order valence-electron chi connectivity index (χ2n) is 7.17. The van der Waals surface area contributed by atoms with Crippen molar-refractivity contribution < 1.29 is 18.7 Å². The summed E-state index contributed by atoms with van der Waals surface area (Å²) in [5, 5.41) is 3.76. The third kappa shape index (κ3) is 4.76. The normalized spacial score (nSPS) is 10.7. The molecule has 1 amide bonds. The van der Waals surface area contributed by atoms with Crippen LogP contribution in [0.2, 0.25) is 5.02 Å². The largest absolute Gasteiger partial charge is 0.452 e. The third-order valence-corrected chi connectivity index (χ3v) is 5.27. The number of para-hydroxylation sites is 1. The summed E-state index contributed by atoms with van der Waals surface area (Å²) in [4.78, 5) is 29.7. The fourth-order valence-corrected chi connectivity index (χ4v) is 3.37. The molecule has 1 aromatic heterocycles. The van der Waals surface area contributed by atoms with E-state index in [4.69, 9.17) is 16.3 Å². The highest BCUT2D eigenvalue weighted by atomic mass is 35.5. The lowest BCUT2D eigenvalue weighted by Crippen LogP contribution is -2.21. The van der Waals surface area contributed by atoms with Crippen molar-refractivity contribution in [2.75, 3.05) is 11.9 Å². The first kappa shape index (κ1) is 21.5. The first-order valence-corrected chi connectivity index (χ1v) is 10.2. The van der Waals surface area contributed by atoms with Crippen LogP contribution in [-0.4, -0.2) is 23.5 Å². The van der Waals surface area contributed by atoms with Crippen LogP contribution < -0.4 is 5.32 Å². The summed E-state index contributed by atoms with van der Waals surface area (Å²) < 4.78 is 18.6. The average Bonchev–Trinajstić information content (AvgIpc) is 2.79. The minimum Gasteiger partial charge on any atom is -0.452 e. The van der Waals surface area contributed by atoms with E-state index in [-0.39, 0.29) is 11.4 Å². The van der Waals surface area contributed by atoms with Crippen LogP contribution in [0.4, 0.5) is 10.1 Å². The molecule has 0 spiro atoms. The van der Waals surface area contributed by atoms with E-state index in [1.165, 1.54) is 12.1 Å². The van der Waals surface area contributed by atoms with Crippen molar-refractivity contribution in [3.05, 3.63) is 94.8 Å². The number of hydrogen-bond donors (Lipinski definition) is 1. The Kier molecular flexibility index (Phi) is 6.14. The van der Waals surface area contributed by atoms with Crippen LogP contribution in [0.3, 0.4) is 0 Å². The zero-order valence-corrected chi connectivity index (χ0v) is 17.8. The molecular formula is C25H18ClFN2O3. The number of aromatic nitrogens is 1. The number of esters is 1. The van der Waals surface area contributed by atoms with Crippen molar-refractivity contribution in [2.45, 2.75) is 6.92 Å². The van der Waals surface area contributed by atoms with Gasteiger partial charge in [-0.3, -0.25) is 4.79 Å². The van der Waals surface area contributed by atoms with Crippen LogP contribution in [0, 0.1) is 12.7 Å². The number of carbonyl (C=O) groups excluding carboxylic acids is 2. The van der Waals surface area contributed by atoms with Gasteiger partial charge in [-0.2, -0.15) is 0 Å². The number of carbonyl (C=O) groups is 2. The van der Waals surface area contributed by atoms with Crippen molar-refractivity contribution in [3.63, 3.8) is 0 Å².